The van der Waals surface area contributed by atoms with Crippen molar-refractivity contribution in [3.63, 3.8) is 0 Å². The molecule has 0 aliphatic carbocycles. The summed E-state index contributed by atoms with van der Waals surface area (Å²) < 4.78 is 61.5. The molecule has 0 aromatic heterocycles. The van der Waals surface area contributed by atoms with Gasteiger partial charge in [0.25, 0.3) is 20.2 Å². The number of benzene rings is 1. The second-order valence-corrected chi connectivity index (χ2v) is 5.95. The fourth-order valence-corrected chi connectivity index (χ4v) is 3.25. The van der Waals surface area contributed by atoms with Crippen molar-refractivity contribution in [2.75, 3.05) is 0 Å². The molecule has 0 spiro atoms. The summed E-state index contributed by atoms with van der Waals surface area (Å²) >= 11 is 0. The Balaban J connectivity index is 4.15. The van der Waals surface area contributed by atoms with E-state index in [2.05, 4.69) is 0 Å². The van der Waals surface area contributed by atoms with E-state index in [9.17, 15) is 26.7 Å². The van der Waals surface area contributed by atoms with Gasteiger partial charge in [-0.15, -0.1) is 0 Å². The average molecular weight is 314 g/mol. The van der Waals surface area contributed by atoms with Crippen LogP contribution in [0.4, 0.5) is 0 Å². The molecule has 0 aliphatic heterocycles. The van der Waals surface area contributed by atoms with Gasteiger partial charge in [0.2, 0.25) is 0 Å². The van der Waals surface area contributed by atoms with Gasteiger partial charge in [0, 0.05) is 6.07 Å². The first-order valence-corrected chi connectivity index (χ1v) is 7.02. The Morgan fingerprint density at radius 2 is 1.47 bits per heavy atom. The average Bonchev–Trinajstić information content (AvgIpc) is 2.17. The van der Waals surface area contributed by atoms with Gasteiger partial charge in [-0.25, -0.2) is 4.79 Å². The molecule has 1 aromatic carbocycles. The molecule has 5 N–H and O–H groups in total. The maximum Gasteiger partial charge on any atom is 0.341 e. The molecule has 19 heavy (non-hydrogen) atoms. The molecule has 1 aromatic rings. The van der Waals surface area contributed by atoms with E-state index in [4.69, 9.17) is 19.3 Å². The maximum atomic E-state index is 11.0. The fourth-order valence-electron chi connectivity index (χ4n) is 1.26. The summed E-state index contributed by atoms with van der Waals surface area (Å²) in [5, 5.41) is 27.0. The van der Waals surface area contributed by atoms with E-state index in [0.717, 1.165) is 0 Å². The van der Waals surface area contributed by atoms with Crippen molar-refractivity contribution in [3.05, 3.63) is 11.6 Å². The number of carboxylic acid groups (broad SMARTS) is 1. The van der Waals surface area contributed by atoms with Crippen molar-refractivity contribution in [2.45, 2.75) is 9.79 Å². The third-order valence-corrected chi connectivity index (χ3v) is 3.89. The highest BCUT2D eigenvalue weighted by atomic mass is 32.2. The van der Waals surface area contributed by atoms with E-state index in [0.29, 0.717) is 0 Å². The number of aromatic hydroxyl groups is 2. The smallest absolute Gasteiger partial charge is 0.341 e. The van der Waals surface area contributed by atoms with Crippen molar-refractivity contribution in [1.82, 2.24) is 0 Å². The molecule has 0 aliphatic rings. The Labute approximate surface area is 106 Å². The molecule has 0 saturated carbocycles. The molecule has 1 rings (SSSR count). The minimum Gasteiger partial charge on any atom is -0.504 e. The lowest BCUT2D eigenvalue weighted by Crippen LogP contribution is -2.14. The molecule has 12 heteroatoms. The highest BCUT2D eigenvalue weighted by Crippen LogP contribution is 2.38. The van der Waals surface area contributed by atoms with Gasteiger partial charge in [-0.2, -0.15) is 16.8 Å². The number of phenolic OH excluding ortho intramolecular Hbond substituents is 1. The van der Waals surface area contributed by atoms with Gasteiger partial charge in [-0.05, 0) is 0 Å². The Morgan fingerprint density at radius 3 is 1.79 bits per heavy atom. The van der Waals surface area contributed by atoms with E-state index in [1.54, 1.807) is 0 Å². The normalized spacial score (nSPS) is 12.3. The number of aromatic carboxylic acids is 1. The van der Waals surface area contributed by atoms with Crippen molar-refractivity contribution in [3.8, 4) is 11.5 Å². The standard InChI is InChI=1S/C7H6O10S2/c8-2-1-3(18(12,13)14)6(19(15,16)17)4(5(2)9)7(10)11/h1,8-9H,(H,10,11)(H,12,13,14)(H,15,16,17). The summed E-state index contributed by atoms with van der Waals surface area (Å²) in [7, 11) is -10.7. The molecule has 0 radical (unpaired) electrons. The summed E-state index contributed by atoms with van der Waals surface area (Å²) in [6, 6.07) is 0.0835. The van der Waals surface area contributed by atoms with E-state index < -0.39 is 53.1 Å². The van der Waals surface area contributed by atoms with Crippen molar-refractivity contribution in [1.29, 1.82) is 0 Å². The van der Waals surface area contributed by atoms with Crippen LogP contribution >= 0.6 is 0 Å². The fraction of sp³-hybridized carbons (Fsp3) is 0. The molecule has 0 fully saturated rings. The monoisotopic (exact) mass is 314 g/mol. The summed E-state index contributed by atoms with van der Waals surface area (Å²) in [6.45, 7) is 0. The number of hydrogen-bond donors (Lipinski definition) is 5. The van der Waals surface area contributed by atoms with Crippen LogP contribution in [0.2, 0.25) is 0 Å². The van der Waals surface area contributed by atoms with E-state index in [1.165, 1.54) is 0 Å². The van der Waals surface area contributed by atoms with Gasteiger partial charge in [0.1, 0.15) is 15.4 Å². The van der Waals surface area contributed by atoms with Gasteiger partial charge in [0.05, 0.1) is 0 Å². The predicted molar refractivity (Wildman–Crippen MR) is 56.4 cm³/mol. The van der Waals surface area contributed by atoms with E-state index in [-0.39, 0.29) is 6.07 Å². The third-order valence-electron chi connectivity index (χ3n) is 1.95. The zero-order chi connectivity index (χ0) is 15.2. The van der Waals surface area contributed by atoms with Crippen molar-refractivity contribution in [2.24, 2.45) is 0 Å². The second-order valence-electron chi connectivity index (χ2n) is 3.20. The highest BCUT2D eigenvalue weighted by molar-refractivity contribution is 7.89. The lowest BCUT2D eigenvalue weighted by molar-refractivity contribution is 0.0687. The minimum absolute atomic E-state index is 0.0835. The van der Waals surface area contributed by atoms with Crippen LogP contribution in [0.3, 0.4) is 0 Å². The Bertz CT molecular complexity index is 758. The summed E-state index contributed by atoms with van der Waals surface area (Å²) in [4.78, 5) is 7.46. The van der Waals surface area contributed by atoms with Crippen LogP contribution in [-0.2, 0) is 20.2 Å². The lowest BCUT2D eigenvalue weighted by Gasteiger charge is -2.10. The molecular weight excluding hydrogens is 308 g/mol. The number of carbonyl (C=O) groups is 1. The number of carboxylic acids is 1. The first-order chi connectivity index (χ1) is 8.37. The summed E-state index contributed by atoms with van der Waals surface area (Å²) in [5.41, 5.74) is -1.59. The van der Waals surface area contributed by atoms with E-state index in [1.807, 2.05) is 0 Å². The Morgan fingerprint density at radius 1 is 1.00 bits per heavy atom. The van der Waals surface area contributed by atoms with Crippen LogP contribution < -0.4 is 0 Å². The van der Waals surface area contributed by atoms with Gasteiger partial charge in [-0.1, -0.05) is 0 Å². The summed E-state index contributed by atoms with van der Waals surface area (Å²) in [5.74, 6) is -4.93. The molecular formula is C7H6O10S2. The second kappa shape index (κ2) is 4.34. The van der Waals surface area contributed by atoms with Gasteiger partial charge < -0.3 is 15.3 Å². The molecule has 0 amide bonds. The maximum absolute atomic E-state index is 11.0. The van der Waals surface area contributed by atoms with Crippen LogP contribution in [0.25, 0.3) is 0 Å². The Kier molecular flexibility index (Phi) is 3.47. The minimum atomic E-state index is -5.42. The van der Waals surface area contributed by atoms with Crippen LogP contribution in [0, 0.1) is 0 Å². The summed E-state index contributed by atoms with van der Waals surface area (Å²) in [6.07, 6.45) is 0. The van der Waals surface area contributed by atoms with Crippen LogP contribution in [-0.4, -0.2) is 47.2 Å². The number of hydrogen-bond acceptors (Lipinski definition) is 7. The largest absolute Gasteiger partial charge is 0.504 e. The topological polar surface area (TPSA) is 186 Å². The predicted octanol–water partition coefficient (Wildman–Crippen LogP) is -0.711. The van der Waals surface area contributed by atoms with Crippen molar-refractivity contribution >= 4 is 26.2 Å². The lowest BCUT2D eigenvalue weighted by atomic mass is 10.2. The molecule has 0 bridgehead atoms. The zero-order valence-electron chi connectivity index (χ0n) is 8.67. The zero-order valence-corrected chi connectivity index (χ0v) is 10.3. The first kappa shape index (κ1) is 15.2. The molecule has 0 heterocycles. The quantitative estimate of drug-likeness (QED) is 0.352. The van der Waals surface area contributed by atoms with Crippen LogP contribution in [0.1, 0.15) is 10.4 Å². The molecule has 10 nitrogen and oxygen atoms in total. The van der Waals surface area contributed by atoms with Crippen LogP contribution in [0.15, 0.2) is 15.9 Å². The number of rotatable bonds is 3. The highest BCUT2D eigenvalue weighted by Gasteiger charge is 2.34. The molecule has 106 valence electrons. The van der Waals surface area contributed by atoms with Gasteiger partial charge in [-0.3, -0.25) is 9.11 Å². The van der Waals surface area contributed by atoms with Crippen molar-refractivity contribution < 1.29 is 46.1 Å². The molecule has 0 unspecified atom stereocenters. The third kappa shape index (κ3) is 2.76. The van der Waals surface area contributed by atoms with Gasteiger partial charge >= 0.3 is 5.97 Å². The molecule has 0 atom stereocenters. The Hall–Kier alpha value is -1.89. The van der Waals surface area contributed by atoms with Crippen LogP contribution in [0.5, 0.6) is 11.5 Å². The van der Waals surface area contributed by atoms with E-state index >= 15 is 0 Å². The first-order valence-electron chi connectivity index (χ1n) is 4.14. The van der Waals surface area contributed by atoms with Gasteiger partial charge in [0.15, 0.2) is 11.5 Å². The molecule has 0 saturated heterocycles. The SMILES string of the molecule is O=C(O)c1c(O)c(O)cc(S(=O)(=O)O)c1S(=O)(=O)O. The number of phenols is 2.